The van der Waals surface area contributed by atoms with Gasteiger partial charge in [0.1, 0.15) is 18.2 Å². The summed E-state index contributed by atoms with van der Waals surface area (Å²) in [5, 5.41) is 9.81. The Balaban J connectivity index is 1.06. The molecule has 9 nitrogen and oxygen atoms in total. The van der Waals surface area contributed by atoms with E-state index in [-0.39, 0.29) is 46.1 Å². The molecule has 218 valence electrons. The lowest BCUT2D eigenvalue weighted by Crippen LogP contribution is -2.36. The molecule has 2 aromatic carbocycles. The van der Waals surface area contributed by atoms with Crippen LogP contribution in [-0.4, -0.2) is 56.4 Å². The van der Waals surface area contributed by atoms with E-state index in [9.17, 15) is 18.7 Å². The van der Waals surface area contributed by atoms with Gasteiger partial charge in [0, 0.05) is 36.2 Å². The molecule has 2 atom stereocenters. The van der Waals surface area contributed by atoms with Crippen molar-refractivity contribution in [3.8, 4) is 5.88 Å². The number of ether oxygens (including phenoxy) is 2. The molecule has 12 heteroatoms. The third kappa shape index (κ3) is 4.94. The molecule has 0 radical (unpaired) electrons. The predicted octanol–water partition coefficient (Wildman–Crippen LogP) is 5.60. The number of hydrogen-bond acceptors (Lipinski definition) is 7. The van der Waals surface area contributed by atoms with Gasteiger partial charge in [-0.05, 0) is 61.4 Å². The van der Waals surface area contributed by atoms with E-state index in [0.29, 0.717) is 25.6 Å². The van der Waals surface area contributed by atoms with Crippen LogP contribution in [0.4, 0.5) is 14.7 Å². The van der Waals surface area contributed by atoms with E-state index >= 15 is 0 Å². The summed E-state index contributed by atoms with van der Waals surface area (Å²) in [6.45, 7) is 2.57. The number of anilines is 1. The molecule has 1 spiro atoms. The highest BCUT2D eigenvalue weighted by Crippen LogP contribution is 2.65. The summed E-state index contributed by atoms with van der Waals surface area (Å²) < 4.78 is 42.0. The van der Waals surface area contributed by atoms with Crippen LogP contribution in [0.3, 0.4) is 0 Å². The van der Waals surface area contributed by atoms with Gasteiger partial charge in [0.05, 0.1) is 35.4 Å². The molecular weight excluding hydrogens is 568 g/mol. The molecule has 1 aliphatic carbocycles. The fourth-order valence-corrected chi connectivity index (χ4v) is 6.32. The number of fused-ring (bicyclic) bond motifs is 1. The highest BCUT2D eigenvalue weighted by molar-refractivity contribution is 6.30. The number of piperidine rings is 1. The molecule has 4 heterocycles. The maximum Gasteiger partial charge on any atom is 0.335 e. The minimum atomic E-state index is -0.963. The number of rotatable bonds is 8. The standard InChI is InChI=1S/C30H28ClF2N5O4/c31-19-3-1-18(22(32)12-19)16-42-27-23(33)14-34-29(36-27)37-8-6-30(7-9-37)13-21(30)26-35-24-4-2-17(28(39)40)11-25(24)38(26)15-20-5-10-41-20/h1-4,11-12,14,20-21H,5-10,13,15-16H2,(H,39,40)/t20-,21?/m0/s1. The number of carbonyl (C=O) groups is 1. The number of nitrogens with zero attached hydrogens (tertiary/aromatic N) is 5. The van der Waals surface area contributed by atoms with Gasteiger partial charge in [-0.3, -0.25) is 0 Å². The molecule has 0 bridgehead atoms. The van der Waals surface area contributed by atoms with Gasteiger partial charge in [0.2, 0.25) is 11.8 Å². The second-order valence-corrected chi connectivity index (χ2v) is 11.8. The Kier molecular flexibility index (Phi) is 6.73. The first-order valence-electron chi connectivity index (χ1n) is 14.0. The van der Waals surface area contributed by atoms with Crippen molar-refractivity contribution in [2.24, 2.45) is 5.41 Å². The van der Waals surface area contributed by atoms with Crippen molar-refractivity contribution in [3.05, 3.63) is 76.2 Å². The van der Waals surface area contributed by atoms with Crippen LogP contribution in [0.25, 0.3) is 11.0 Å². The fraction of sp³-hybridized carbons (Fsp3) is 0.400. The summed E-state index contributed by atoms with van der Waals surface area (Å²) in [6.07, 6.45) is 4.92. The van der Waals surface area contributed by atoms with Crippen LogP contribution >= 0.6 is 11.6 Å². The molecule has 42 heavy (non-hydrogen) atoms. The molecule has 2 saturated heterocycles. The summed E-state index contributed by atoms with van der Waals surface area (Å²) in [6, 6.07) is 9.30. The Morgan fingerprint density at radius 3 is 2.67 bits per heavy atom. The Bertz CT molecular complexity index is 1690. The van der Waals surface area contributed by atoms with Gasteiger partial charge in [-0.1, -0.05) is 17.7 Å². The zero-order chi connectivity index (χ0) is 29.0. The smallest absolute Gasteiger partial charge is 0.335 e. The van der Waals surface area contributed by atoms with Gasteiger partial charge in [-0.15, -0.1) is 0 Å². The van der Waals surface area contributed by atoms with Gasteiger partial charge in [-0.2, -0.15) is 9.37 Å². The zero-order valence-corrected chi connectivity index (χ0v) is 23.4. The minimum Gasteiger partial charge on any atom is -0.478 e. The molecule has 0 amide bonds. The summed E-state index contributed by atoms with van der Waals surface area (Å²) in [4.78, 5) is 27.1. The number of aromatic carboxylic acids is 1. The van der Waals surface area contributed by atoms with Crippen molar-refractivity contribution in [2.45, 2.75) is 50.9 Å². The van der Waals surface area contributed by atoms with E-state index in [1.807, 2.05) is 4.90 Å². The monoisotopic (exact) mass is 595 g/mol. The third-order valence-corrected chi connectivity index (χ3v) is 9.06. The van der Waals surface area contributed by atoms with Gasteiger partial charge in [0.25, 0.3) is 5.88 Å². The van der Waals surface area contributed by atoms with Crippen molar-refractivity contribution >= 4 is 34.6 Å². The van der Waals surface area contributed by atoms with Crippen molar-refractivity contribution in [2.75, 3.05) is 24.6 Å². The van der Waals surface area contributed by atoms with Gasteiger partial charge < -0.3 is 24.0 Å². The first kappa shape index (κ1) is 27.0. The lowest BCUT2D eigenvalue weighted by molar-refractivity contribution is -0.0590. The topological polar surface area (TPSA) is 103 Å². The van der Waals surface area contributed by atoms with Gasteiger partial charge >= 0.3 is 5.97 Å². The zero-order valence-electron chi connectivity index (χ0n) is 22.6. The molecule has 7 rings (SSSR count). The van der Waals surface area contributed by atoms with Crippen LogP contribution in [0.5, 0.6) is 5.88 Å². The molecule has 1 N–H and O–H groups in total. The van der Waals surface area contributed by atoms with Crippen LogP contribution in [0.15, 0.2) is 42.6 Å². The predicted molar refractivity (Wildman–Crippen MR) is 150 cm³/mol. The van der Waals surface area contributed by atoms with Gasteiger partial charge in [0.15, 0.2) is 0 Å². The second kappa shape index (κ2) is 10.5. The van der Waals surface area contributed by atoms with Crippen molar-refractivity contribution in [3.63, 3.8) is 0 Å². The summed E-state index contributed by atoms with van der Waals surface area (Å²) >= 11 is 5.81. The number of hydrogen-bond donors (Lipinski definition) is 1. The van der Waals surface area contributed by atoms with Gasteiger partial charge in [-0.25, -0.2) is 19.2 Å². The number of imidazole rings is 1. The third-order valence-electron chi connectivity index (χ3n) is 8.83. The first-order valence-corrected chi connectivity index (χ1v) is 14.4. The molecule has 3 fully saturated rings. The Hall–Kier alpha value is -3.83. The SMILES string of the molecule is O=C(O)c1ccc2nc(C3CC34CCN(c3ncc(F)c(OCc5ccc(Cl)cc5F)n3)CC4)n(C[C@@H]3CCO3)c2c1. The fourth-order valence-electron chi connectivity index (χ4n) is 6.16. The molecule has 3 aliphatic rings. The lowest BCUT2D eigenvalue weighted by Gasteiger charge is -2.33. The quantitative estimate of drug-likeness (QED) is 0.281. The summed E-state index contributed by atoms with van der Waals surface area (Å²) in [5.41, 5.74) is 2.18. The Morgan fingerprint density at radius 1 is 1.14 bits per heavy atom. The number of benzene rings is 2. The second-order valence-electron chi connectivity index (χ2n) is 11.3. The van der Waals surface area contributed by atoms with Crippen molar-refractivity contribution in [1.29, 1.82) is 0 Å². The van der Waals surface area contributed by atoms with Crippen LogP contribution in [0, 0.1) is 17.0 Å². The van der Waals surface area contributed by atoms with E-state index < -0.39 is 17.6 Å². The molecule has 1 unspecified atom stereocenters. The molecule has 2 aliphatic heterocycles. The normalized spacial score (nSPS) is 21.0. The van der Waals surface area contributed by atoms with E-state index in [1.54, 1.807) is 24.3 Å². The summed E-state index contributed by atoms with van der Waals surface area (Å²) in [7, 11) is 0. The van der Waals surface area contributed by atoms with E-state index in [1.165, 1.54) is 12.1 Å². The first-order chi connectivity index (χ1) is 20.3. The Labute approximate surface area is 245 Å². The van der Waals surface area contributed by atoms with E-state index in [4.69, 9.17) is 26.1 Å². The number of carboxylic acid groups (broad SMARTS) is 1. The highest BCUT2D eigenvalue weighted by Gasteiger charge is 2.57. The summed E-state index contributed by atoms with van der Waals surface area (Å²) in [5.74, 6) is -0.840. The lowest BCUT2D eigenvalue weighted by atomic mass is 9.90. The highest BCUT2D eigenvalue weighted by atomic mass is 35.5. The molecule has 4 aromatic rings. The van der Waals surface area contributed by atoms with E-state index in [0.717, 1.165) is 55.3 Å². The number of aromatic nitrogens is 4. The van der Waals surface area contributed by atoms with Crippen LogP contribution < -0.4 is 9.64 Å². The molecule has 2 aromatic heterocycles. The molecule has 1 saturated carbocycles. The number of carboxylic acids is 1. The van der Waals surface area contributed by atoms with Crippen LogP contribution in [-0.2, 0) is 17.9 Å². The average Bonchev–Trinajstić information content (AvgIpc) is 3.52. The Morgan fingerprint density at radius 2 is 1.95 bits per heavy atom. The van der Waals surface area contributed by atoms with Crippen molar-refractivity contribution < 1.29 is 28.2 Å². The van der Waals surface area contributed by atoms with Crippen LogP contribution in [0.1, 0.15) is 53.3 Å². The van der Waals surface area contributed by atoms with Crippen molar-refractivity contribution in [1.82, 2.24) is 19.5 Å². The van der Waals surface area contributed by atoms with Crippen LogP contribution in [0.2, 0.25) is 5.02 Å². The maximum atomic E-state index is 14.5. The maximum absolute atomic E-state index is 14.5. The average molecular weight is 596 g/mol. The minimum absolute atomic E-state index is 0.0806. The molecular formula is C30H28ClF2N5O4. The van der Waals surface area contributed by atoms with E-state index in [2.05, 4.69) is 14.5 Å². The largest absolute Gasteiger partial charge is 0.478 e. The number of halogens is 3.